The SMILES string of the molecule is CCCNC(c1ccc(CC)cc1)c1sccc1Br. The Labute approximate surface area is 128 Å². The van der Waals surface area contributed by atoms with Gasteiger partial charge in [0.25, 0.3) is 0 Å². The molecule has 1 N–H and O–H groups in total. The molecule has 0 aliphatic carbocycles. The monoisotopic (exact) mass is 337 g/mol. The van der Waals surface area contributed by atoms with Gasteiger partial charge in [-0.25, -0.2) is 0 Å². The second kappa shape index (κ2) is 7.22. The van der Waals surface area contributed by atoms with Crippen molar-refractivity contribution in [3.05, 3.63) is 56.2 Å². The summed E-state index contributed by atoms with van der Waals surface area (Å²) in [5, 5.41) is 5.79. The molecule has 0 aliphatic heterocycles. The third-order valence-electron chi connectivity index (χ3n) is 3.23. The van der Waals surface area contributed by atoms with Gasteiger partial charge in [-0.15, -0.1) is 11.3 Å². The Morgan fingerprint density at radius 1 is 1.16 bits per heavy atom. The first-order chi connectivity index (χ1) is 9.26. The number of hydrogen-bond donors (Lipinski definition) is 1. The molecule has 1 unspecified atom stereocenters. The molecule has 0 radical (unpaired) electrons. The molecule has 0 spiro atoms. The van der Waals surface area contributed by atoms with Gasteiger partial charge in [0.2, 0.25) is 0 Å². The molecule has 1 nitrogen and oxygen atoms in total. The van der Waals surface area contributed by atoms with Crippen LogP contribution in [-0.2, 0) is 6.42 Å². The molecule has 0 aliphatic rings. The molecule has 1 aromatic heterocycles. The van der Waals surface area contributed by atoms with E-state index in [1.807, 2.05) is 0 Å². The first kappa shape index (κ1) is 14.8. The van der Waals surface area contributed by atoms with Gasteiger partial charge in [0.15, 0.2) is 0 Å². The minimum atomic E-state index is 0.292. The third kappa shape index (κ3) is 3.68. The van der Waals surface area contributed by atoms with Crippen molar-refractivity contribution in [1.29, 1.82) is 0 Å². The van der Waals surface area contributed by atoms with Crippen molar-refractivity contribution in [2.45, 2.75) is 32.7 Å². The first-order valence-corrected chi connectivity index (χ1v) is 8.48. The van der Waals surface area contributed by atoms with Crippen LogP contribution in [0, 0.1) is 0 Å². The average Bonchev–Trinajstić information content (AvgIpc) is 2.86. The van der Waals surface area contributed by atoms with E-state index in [0.717, 1.165) is 19.4 Å². The average molecular weight is 338 g/mol. The van der Waals surface area contributed by atoms with Crippen molar-refractivity contribution >= 4 is 27.3 Å². The lowest BCUT2D eigenvalue weighted by molar-refractivity contribution is 0.604. The van der Waals surface area contributed by atoms with Gasteiger partial charge < -0.3 is 5.32 Å². The molecule has 0 saturated heterocycles. The van der Waals surface area contributed by atoms with Crippen LogP contribution in [0.4, 0.5) is 0 Å². The first-order valence-electron chi connectivity index (χ1n) is 6.81. The Morgan fingerprint density at radius 3 is 2.42 bits per heavy atom. The summed E-state index contributed by atoms with van der Waals surface area (Å²) in [4.78, 5) is 1.36. The van der Waals surface area contributed by atoms with Gasteiger partial charge in [0.1, 0.15) is 0 Å². The highest BCUT2D eigenvalue weighted by atomic mass is 79.9. The summed E-state index contributed by atoms with van der Waals surface area (Å²) in [6.45, 7) is 5.43. The summed E-state index contributed by atoms with van der Waals surface area (Å²) in [5.74, 6) is 0. The smallest absolute Gasteiger partial charge is 0.0682 e. The number of rotatable bonds is 6. The van der Waals surface area contributed by atoms with Gasteiger partial charge in [-0.2, -0.15) is 0 Å². The van der Waals surface area contributed by atoms with Crippen LogP contribution >= 0.6 is 27.3 Å². The van der Waals surface area contributed by atoms with E-state index in [1.165, 1.54) is 20.5 Å². The van der Waals surface area contributed by atoms with Crippen molar-refractivity contribution in [2.75, 3.05) is 6.54 Å². The lowest BCUT2D eigenvalue weighted by Gasteiger charge is -2.19. The number of thiophene rings is 1. The number of benzene rings is 1. The van der Waals surface area contributed by atoms with E-state index in [-0.39, 0.29) is 0 Å². The Kier molecular flexibility index (Phi) is 5.61. The molecule has 0 bridgehead atoms. The summed E-state index contributed by atoms with van der Waals surface area (Å²) in [6.07, 6.45) is 2.24. The normalized spacial score (nSPS) is 12.6. The maximum atomic E-state index is 3.65. The highest BCUT2D eigenvalue weighted by Crippen LogP contribution is 2.33. The fourth-order valence-corrected chi connectivity index (χ4v) is 3.81. The van der Waals surface area contributed by atoms with Crippen molar-refractivity contribution in [3.8, 4) is 0 Å². The van der Waals surface area contributed by atoms with E-state index in [0.29, 0.717) is 6.04 Å². The molecule has 0 saturated carbocycles. The number of nitrogens with one attached hydrogen (secondary N) is 1. The highest BCUT2D eigenvalue weighted by molar-refractivity contribution is 9.10. The van der Waals surface area contributed by atoms with Gasteiger partial charge in [0, 0.05) is 9.35 Å². The zero-order valence-corrected chi connectivity index (χ0v) is 13.9. The topological polar surface area (TPSA) is 12.0 Å². The Morgan fingerprint density at radius 2 is 1.89 bits per heavy atom. The molecule has 19 heavy (non-hydrogen) atoms. The summed E-state index contributed by atoms with van der Waals surface area (Å²) in [6, 6.07) is 11.4. The fraction of sp³-hybridized carbons (Fsp3) is 0.375. The van der Waals surface area contributed by atoms with Crippen LogP contribution in [0.5, 0.6) is 0 Å². The van der Waals surface area contributed by atoms with Gasteiger partial charge in [-0.3, -0.25) is 0 Å². The zero-order chi connectivity index (χ0) is 13.7. The Balaban J connectivity index is 2.28. The Hall–Kier alpha value is -0.640. The molecule has 102 valence electrons. The van der Waals surface area contributed by atoms with Crippen LogP contribution in [-0.4, -0.2) is 6.54 Å². The van der Waals surface area contributed by atoms with E-state index < -0.39 is 0 Å². The lowest BCUT2D eigenvalue weighted by Crippen LogP contribution is -2.22. The van der Waals surface area contributed by atoms with Gasteiger partial charge in [-0.05, 0) is 57.9 Å². The standard InChI is InChI=1S/C16H20BrNS/c1-3-10-18-15(16-14(17)9-11-19-16)13-7-5-12(4-2)6-8-13/h5-9,11,15,18H,3-4,10H2,1-2H3. The summed E-state index contributed by atoms with van der Waals surface area (Å²) < 4.78 is 1.20. The third-order valence-corrected chi connectivity index (χ3v) is 5.16. The van der Waals surface area contributed by atoms with Crippen molar-refractivity contribution in [1.82, 2.24) is 5.32 Å². The number of hydrogen-bond acceptors (Lipinski definition) is 2. The fourth-order valence-electron chi connectivity index (χ4n) is 2.11. The van der Waals surface area contributed by atoms with E-state index in [9.17, 15) is 0 Å². The largest absolute Gasteiger partial charge is 0.306 e. The highest BCUT2D eigenvalue weighted by Gasteiger charge is 2.17. The molecular weight excluding hydrogens is 318 g/mol. The van der Waals surface area contributed by atoms with Crippen LogP contribution in [0.25, 0.3) is 0 Å². The van der Waals surface area contributed by atoms with Crippen molar-refractivity contribution in [3.63, 3.8) is 0 Å². The summed E-state index contributed by atoms with van der Waals surface area (Å²) >= 11 is 5.46. The second-order valence-electron chi connectivity index (χ2n) is 4.62. The maximum absolute atomic E-state index is 3.65. The molecule has 0 fully saturated rings. The maximum Gasteiger partial charge on any atom is 0.0682 e. The van der Waals surface area contributed by atoms with Crippen molar-refractivity contribution in [2.24, 2.45) is 0 Å². The van der Waals surface area contributed by atoms with Crippen LogP contribution in [0.3, 0.4) is 0 Å². The van der Waals surface area contributed by atoms with Crippen LogP contribution < -0.4 is 5.32 Å². The lowest BCUT2D eigenvalue weighted by atomic mass is 10.0. The molecule has 2 rings (SSSR count). The molecule has 1 atom stereocenters. The van der Waals surface area contributed by atoms with Gasteiger partial charge in [0.05, 0.1) is 6.04 Å². The minimum Gasteiger partial charge on any atom is -0.306 e. The predicted molar refractivity (Wildman–Crippen MR) is 88.0 cm³/mol. The van der Waals surface area contributed by atoms with E-state index in [4.69, 9.17) is 0 Å². The van der Waals surface area contributed by atoms with Gasteiger partial charge in [-0.1, -0.05) is 38.1 Å². The molecule has 1 aromatic carbocycles. The minimum absolute atomic E-state index is 0.292. The molecular formula is C16H20BrNS. The van der Waals surface area contributed by atoms with Crippen LogP contribution in [0.1, 0.15) is 42.3 Å². The molecule has 2 aromatic rings. The molecule has 3 heteroatoms. The van der Waals surface area contributed by atoms with Crippen LogP contribution in [0.15, 0.2) is 40.2 Å². The summed E-state index contributed by atoms with van der Waals surface area (Å²) in [5.41, 5.74) is 2.73. The van der Waals surface area contributed by atoms with Crippen molar-refractivity contribution < 1.29 is 0 Å². The van der Waals surface area contributed by atoms with Crippen LogP contribution in [0.2, 0.25) is 0 Å². The predicted octanol–water partition coefficient (Wildman–Crippen LogP) is 5.16. The molecule has 1 heterocycles. The van der Waals surface area contributed by atoms with Gasteiger partial charge >= 0.3 is 0 Å². The number of aryl methyl sites for hydroxylation is 1. The molecule has 0 amide bonds. The second-order valence-corrected chi connectivity index (χ2v) is 6.42. The van der Waals surface area contributed by atoms with E-state index in [1.54, 1.807) is 11.3 Å². The number of halogens is 1. The summed E-state index contributed by atoms with van der Waals surface area (Å²) in [7, 11) is 0. The zero-order valence-electron chi connectivity index (χ0n) is 11.4. The van der Waals surface area contributed by atoms with E-state index in [2.05, 4.69) is 70.8 Å². The quantitative estimate of drug-likeness (QED) is 0.767. The Bertz CT molecular complexity index is 504. The van der Waals surface area contributed by atoms with E-state index >= 15 is 0 Å².